The van der Waals surface area contributed by atoms with Crippen molar-refractivity contribution in [2.24, 2.45) is 0 Å². The summed E-state index contributed by atoms with van der Waals surface area (Å²) in [4.78, 5) is 9.12. The molecule has 5 nitrogen and oxygen atoms in total. The van der Waals surface area contributed by atoms with Gasteiger partial charge in [0.2, 0.25) is 0 Å². The van der Waals surface area contributed by atoms with Crippen LogP contribution in [-0.4, -0.2) is 105 Å². The zero-order valence-electron chi connectivity index (χ0n) is 13.9. The zero-order chi connectivity index (χ0) is 15.0. The van der Waals surface area contributed by atoms with Crippen molar-refractivity contribution in [3.8, 4) is 0 Å². The molecule has 0 bridgehead atoms. The molecule has 0 aromatic rings. The minimum absolute atomic E-state index is 0.281. The molecule has 0 heterocycles. The lowest BCUT2D eigenvalue weighted by molar-refractivity contribution is 0.0345. The van der Waals surface area contributed by atoms with Crippen molar-refractivity contribution in [3.05, 3.63) is 0 Å². The molecule has 0 rings (SSSR count). The van der Waals surface area contributed by atoms with E-state index < -0.39 is 0 Å². The van der Waals surface area contributed by atoms with Crippen LogP contribution in [0.25, 0.3) is 0 Å². The molecule has 0 aliphatic heterocycles. The molecule has 116 valence electrons. The first kappa shape index (κ1) is 18.8. The van der Waals surface area contributed by atoms with Gasteiger partial charge in [0.15, 0.2) is 0 Å². The number of aliphatic hydroxyl groups excluding tert-OH is 1. The van der Waals surface area contributed by atoms with Crippen molar-refractivity contribution in [1.29, 1.82) is 0 Å². The van der Waals surface area contributed by atoms with Crippen LogP contribution in [0.1, 0.15) is 13.8 Å². The van der Waals surface area contributed by atoms with E-state index in [2.05, 4.69) is 61.8 Å². The van der Waals surface area contributed by atoms with E-state index in [-0.39, 0.29) is 6.10 Å². The van der Waals surface area contributed by atoms with Crippen LogP contribution in [0.15, 0.2) is 0 Å². The largest absolute Gasteiger partial charge is 0.392 e. The fourth-order valence-electron chi connectivity index (χ4n) is 1.99. The van der Waals surface area contributed by atoms with Gasteiger partial charge in [0.1, 0.15) is 0 Å². The number of aliphatic hydroxyl groups is 1. The Morgan fingerprint density at radius 1 is 0.789 bits per heavy atom. The molecule has 0 aromatic carbocycles. The number of hydrogen-bond donors (Lipinski definition) is 1. The fourth-order valence-corrected chi connectivity index (χ4v) is 1.99. The highest BCUT2D eigenvalue weighted by Crippen LogP contribution is 2.05. The van der Waals surface area contributed by atoms with Crippen molar-refractivity contribution in [1.82, 2.24) is 19.6 Å². The first-order valence-electron chi connectivity index (χ1n) is 7.15. The zero-order valence-corrected chi connectivity index (χ0v) is 13.9. The van der Waals surface area contributed by atoms with Crippen LogP contribution in [0.3, 0.4) is 0 Å². The normalized spacial score (nSPS) is 15.8. The lowest BCUT2D eigenvalue weighted by atomic mass is 10.3. The summed E-state index contributed by atoms with van der Waals surface area (Å²) < 4.78 is 0. The number of rotatable bonds is 10. The van der Waals surface area contributed by atoms with E-state index in [1.165, 1.54) is 0 Å². The lowest BCUT2D eigenvalue weighted by Crippen LogP contribution is -2.50. The van der Waals surface area contributed by atoms with E-state index in [1.807, 2.05) is 6.92 Å². The minimum atomic E-state index is -0.281. The van der Waals surface area contributed by atoms with Crippen LogP contribution >= 0.6 is 0 Å². The van der Waals surface area contributed by atoms with Gasteiger partial charge in [0, 0.05) is 32.7 Å². The predicted molar refractivity (Wildman–Crippen MR) is 82.5 cm³/mol. The smallest absolute Gasteiger partial charge is 0.0639 e. The van der Waals surface area contributed by atoms with Gasteiger partial charge in [0.05, 0.1) is 12.3 Å². The summed E-state index contributed by atoms with van der Waals surface area (Å²) in [5.74, 6) is 0. The molecule has 0 aliphatic rings. The van der Waals surface area contributed by atoms with Gasteiger partial charge in [-0.25, -0.2) is 0 Å². The Labute approximate surface area is 119 Å². The molecule has 0 spiro atoms. The van der Waals surface area contributed by atoms with Crippen LogP contribution in [-0.2, 0) is 0 Å². The van der Waals surface area contributed by atoms with Gasteiger partial charge in [-0.05, 0) is 49.1 Å². The SMILES string of the molecule is CC(O)CN(C)C(C)N(CCN(C)C)CCN(C)C. The molecule has 1 N–H and O–H groups in total. The average Bonchev–Trinajstić information content (AvgIpc) is 2.26. The summed E-state index contributed by atoms with van der Waals surface area (Å²) in [7, 11) is 10.5. The molecule has 2 unspecified atom stereocenters. The number of hydrogen-bond acceptors (Lipinski definition) is 5. The van der Waals surface area contributed by atoms with Crippen molar-refractivity contribution in [2.75, 3.05) is 68.0 Å². The van der Waals surface area contributed by atoms with E-state index >= 15 is 0 Å². The quantitative estimate of drug-likeness (QED) is 0.570. The van der Waals surface area contributed by atoms with Crippen LogP contribution in [0, 0.1) is 0 Å². The number of likely N-dealkylation sites (N-methyl/N-ethyl adjacent to an activating group) is 3. The monoisotopic (exact) mass is 274 g/mol. The van der Waals surface area contributed by atoms with Gasteiger partial charge in [-0.3, -0.25) is 9.80 Å². The summed E-state index contributed by atoms with van der Waals surface area (Å²) in [6.07, 6.45) is 0.0616. The third kappa shape index (κ3) is 9.35. The molecule has 0 fully saturated rings. The molecule has 2 atom stereocenters. The summed E-state index contributed by atoms with van der Waals surface area (Å²) in [6, 6.07) is 0. The van der Waals surface area contributed by atoms with Gasteiger partial charge in [-0.2, -0.15) is 0 Å². The molecule has 0 aliphatic carbocycles. The second-order valence-corrected chi connectivity index (χ2v) is 6.06. The lowest BCUT2D eigenvalue weighted by Gasteiger charge is -2.37. The maximum Gasteiger partial charge on any atom is 0.0639 e. The minimum Gasteiger partial charge on any atom is -0.392 e. The third-order valence-corrected chi connectivity index (χ3v) is 3.39. The standard InChI is InChI=1S/C14H34N4O/c1-13(19)12-17(7)14(2)18(10-8-15(3)4)11-9-16(5)6/h13-14,19H,8-12H2,1-7H3. The maximum atomic E-state index is 9.51. The molecule has 0 saturated carbocycles. The third-order valence-electron chi connectivity index (χ3n) is 3.39. The van der Waals surface area contributed by atoms with Crippen LogP contribution in [0.5, 0.6) is 0 Å². The Kier molecular flexibility index (Phi) is 9.56. The fraction of sp³-hybridized carbons (Fsp3) is 1.00. The molecular formula is C14H34N4O. The first-order valence-corrected chi connectivity index (χ1v) is 7.15. The first-order chi connectivity index (χ1) is 8.73. The topological polar surface area (TPSA) is 33.2 Å². The molecule has 0 amide bonds. The van der Waals surface area contributed by atoms with Crippen molar-refractivity contribution >= 4 is 0 Å². The second kappa shape index (κ2) is 9.66. The van der Waals surface area contributed by atoms with E-state index in [0.29, 0.717) is 12.7 Å². The predicted octanol–water partition coefficient (Wildman–Crippen LogP) is 0.0702. The Balaban J connectivity index is 4.42. The van der Waals surface area contributed by atoms with E-state index in [4.69, 9.17) is 0 Å². The van der Waals surface area contributed by atoms with E-state index in [9.17, 15) is 5.11 Å². The highest BCUT2D eigenvalue weighted by molar-refractivity contribution is 4.70. The Morgan fingerprint density at radius 2 is 1.21 bits per heavy atom. The summed E-state index contributed by atoms with van der Waals surface area (Å²) in [5, 5.41) is 9.51. The molecule has 0 aromatic heterocycles. The van der Waals surface area contributed by atoms with Gasteiger partial charge < -0.3 is 14.9 Å². The van der Waals surface area contributed by atoms with Gasteiger partial charge in [-0.15, -0.1) is 0 Å². The molecular weight excluding hydrogens is 240 g/mol. The van der Waals surface area contributed by atoms with Crippen LogP contribution < -0.4 is 0 Å². The van der Waals surface area contributed by atoms with Crippen LogP contribution in [0.2, 0.25) is 0 Å². The Morgan fingerprint density at radius 3 is 1.53 bits per heavy atom. The van der Waals surface area contributed by atoms with Gasteiger partial charge in [0.25, 0.3) is 0 Å². The highest BCUT2D eigenvalue weighted by atomic mass is 16.3. The molecule has 5 heteroatoms. The Bertz CT molecular complexity index is 209. The summed E-state index contributed by atoms with van der Waals surface area (Å²) >= 11 is 0. The van der Waals surface area contributed by atoms with Crippen LogP contribution in [0.4, 0.5) is 0 Å². The molecule has 19 heavy (non-hydrogen) atoms. The Hall–Kier alpha value is -0.200. The average molecular weight is 274 g/mol. The summed E-state index contributed by atoms with van der Waals surface area (Å²) in [5.41, 5.74) is 0. The van der Waals surface area contributed by atoms with E-state index in [0.717, 1.165) is 26.2 Å². The molecule has 0 radical (unpaired) electrons. The number of nitrogens with zero attached hydrogens (tertiary/aromatic N) is 4. The van der Waals surface area contributed by atoms with Gasteiger partial charge in [-0.1, -0.05) is 0 Å². The molecule has 0 saturated heterocycles. The maximum absolute atomic E-state index is 9.51. The highest BCUT2D eigenvalue weighted by Gasteiger charge is 2.19. The van der Waals surface area contributed by atoms with Crippen molar-refractivity contribution in [2.45, 2.75) is 26.1 Å². The summed E-state index contributed by atoms with van der Waals surface area (Å²) in [6.45, 7) is 8.97. The van der Waals surface area contributed by atoms with E-state index in [1.54, 1.807) is 0 Å². The van der Waals surface area contributed by atoms with Crippen molar-refractivity contribution < 1.29 is 5.11 Å². The second-order valence-electron chi connectivity index (χ2n) is 6.06. The van der Waals surface area contributed by atoms with Crippen molar-refractivity contribution in [3.63, 3.8) is 0 Å². The van der Waals surface area contributed by atoms with Gasteiger partial charge >= 0.3 is 0 Å².